The molecule has 1 unspecified atom stereocenters. The number of nitrogens with two attached hydrogens (primary N) is 1. The van der Waals surface area contributed by atoms with Crippen molar-refractivity contribution in [1.82, 2.24) is 4.90 Å². The van der Waals surface area contributed by atoms with Crippen molar-refractivity contribution in [3.63, 3.8) is 0 Å². The van der Waals surface area contributed by atoms with E-state index in [-0.39, 0.29) is 24.0 Å². The van der Waals surface area contributed by atoms with Crippen LogP contribution in [0, 0.1) is 17.8 Å². The molecule has 0 amide bonds. The number of benzene rings is 1. The van der Waals surface area contributed by atoms with E-state index in [4.69, 9.17) is 19.9 Å². The standard InChI is InChI=1S/C24H38N2O4/c1-14(2)9-17-13-26-8-7-16-10-21(28-5)22(29-6)11-18(16)19(26)12-20(17)30-24(27)23(25)15(3)4/h10-11,14-15,17,19-20,23H,7-9,12-13,25H2,1-6H3/t17-,19?,20-,23+/m1/s1. The highest BCUT2D eigenvalue weighted by atomic mass is 16.5. The number of rotatable bonds is 7. The lowest BCUT2D eigenvalue weighted by atomic mass is 9.79. The second kappa shape index (κ2) is 9.56. The van der Waals surface area contributed by atoms with Crippen LogP contribution in [0.4, 0.5) is 0 Å². The van der Waals surface area contributed by atoms with Crippen LogP contribution in [0.2, 0.25) is 0 Å². The smallest absolute Gasteiger partial charge is 0.323 e. The normalized spacial score (nSPS) is 24.9. The lowest BCUT2D eigenvalue weighted by molar-refractivity contribution is -0.160. The lowest BCUT2D eigenvalue weighted by Gasteiger charge is -2.47. The number of ether oxygens (including phenoxy) is 3. The molecule has 0 saturated carbocycles. The molecule has 2 heterocycles. The van der Waals surface area contributed by atoms with Crippen molar-refractivity contribution in [3.05, 3.63) is 23.3 Å². The Balaban J connectivity index is 1.88. The Hall–Kier alpha value is -1.79. The Morgan fingerprint density at radius 2 is 1.83 bits per heavy atom. The van der Waals surface area contributed by atoms with E-state index in [1.54, 1.807) is 14.2 Å². The van der Waals surface area contributed by atoms with Gasteiger partial charge >= 0.3 is 5.97 Å². The molecule has 1 aromatic rings. The highest BCUT2D eigenvalue weighted by Gasteiger charge is 2.41. The van der Waals surface area contributed by atoms with Crippen LogP contribution < -0.4 is 15.2 Å². The number of hydrogen-bond acceptors (Lipinski definition) is 6. The minimum atomic E-state index is -0.578. The second-order valence-electron chi connectivity index (χ2n) is 9.54. The van der Waals surface area contributed by atoms with Crippen LogP contribution in [0.5, 0.6) is 11.5 Å². The fourth-order valence-corrected chi connectivity index (χ4v) is 4.88. The van der Waals surface area contributed by atoms with E-state index in [9.17, 15) is 4.79 Å². The summed E-state index contributed by atoms with van der Waals surface area (Å²) < 4.78 is 17.1. The van der Waals surface area contributed by atoms with Gasteiger partial charge in [-0.15, -0.1) is 0 Å². The average Bonchev–Trinajstić information content (AvgIpc) is 2.71. The largest absolute Gasteiger partial charge is 0.493 e. The zero-order valence-corrected chi connectivity index (χ0v) is 19.3. The van der Waals surface area contributed by atoms with Gasteiger partial charge in [-0.2, -0.15) is 0 Å². The molecule has 30 heavy (non-hydrogen) atoms. The van der Waals surface area contributed by atoms with Gasteiger partial charge in [-0.1, -0.05) is 27.7 Å². The number of methoxy groups -OCH3 is 2. The second-order valence-corrected chi connectivity index (χ2v) is 9.54. The third kappa shape index (κ3) is 4.75. The molecule has 3 rings (SSSR count). The van der Waals surface area contributed by atoms with Crippen LogP contribution in [0.25, 0.3) is 0 Å². The van der Waals surface area contributed by atoms with Gasteiger partial charge < -0.3 is 19.9 Å². The molecular formula is C24H38N2O4. The van der Waals surface area contributed by atoms with E-state index < -0.39 is 6.04 Å². The molecule has 1 aromatic carbocycles. The molecule has 6 nitrogen and oxygen atoms in total. The van der Waals surface area contributed by atoms with E-state index in [2.05, 4.69) is 30.9 Å². The Morgan fingerprint density at radius 3 is 2.43 bits per heavy atom. The first-order valence-electron chi connectivity index (χ1n) is 11.2. The summed E-state index contributed by atoms with van der Waals surface area (Å²) in [6.45, 7) is 10.3. The van der Waals surface area contributed by atoms with Gasteiger partial charge in [0, 0.05) is 31.5 Å². The van der Waals surface area contributed by atoms with Crippen LogP contribution in [-0.2, 0) is 16.0 Å². The van der Waals surface area contributed by atoms with Crippen molar-refractivity contribution < 1.29 is 19.0 Å². The number of carbonyl (C=O) groups excluding carboxylic acids is 1. The highest BCUT2D eigenvalue weighted by Crippen LogP contribution is 2.44. The van der Waals surface area contributed by atoms with E-state index >= 15 is 0 Å². The third-order valence-corrected chi connectivity index (χ3v) is 6.60. The summed E-state index contributed by atoms with van der Waals surface area (Å²) in [5.41, 5.74) is 8.64. The number of fused-ring (bicyclic) bond motifs is 3. The van der Waals surface area contributed by atoms with Crippen LogP contribution in [-0.4, -0.2) is 50.3 Å². The molecule has 1 saturated heterocycles. The van der Waals surface area contributed by atoms with E-state index in [0.29, 0.717) is 11.8 Å². The lowest BCUT2D eigenvalue weighted by Crippen LogP contribution is -2.51. The molecule has 0 bridgehead atoms. The van der Waals surface area contributed by atoms with Gasteiger partial charge in [-0.05, 0) is 47.9 Å². The molecule has 0 aromatic heterocycles. The predicted molar refractivity (Wildman–Crippen MR) is 118 cm³/mol. The summed E-state index contributed by atoms with van der Waals surface area (Å²) in [5.74, 6) is 2.18. The maximum atomic E-state index is 12.7. The van der Waals surface area contributed by atoms with Crippen molar-refractivity contribution in [3.8, 4) is 11.5 Å². The molecule has 2 aliphatic heterocycles. The summed E-state index contributed by atoms with van der Waals surface area (Å²) in [5, 5.41) is 0. The first-order valence-corrected chi connectivity index (χ1v) is 11.2. The Labute approximate surface area is 181 Å². The van der Waals surface area contributed by atoms with Gasteiger partial charge in [-0.3, -0.25) is 9.69 Å². The minimum absolute atomic E-state index is 0.0632. The summed E-state index contributed by atoms with van der Waals surface area (Å²) in [7, 11) is 3.34. The van der Waals surface area contributed by atoms with Gasteiger partial charge in [-0.25, -0.2) is 0 Å². The van der Waals surface area contributed by atoms with E-state index in [0.717, 1.165) is 43.9 Å². The maximum absolute atomic E-state index is 12.7. The van der Waals surface area contributed by atoms with Gasteiger partial charge in [0.25, 0.3) is 0 Å². The first-order chi connectivity index (χ1) is 14.2. The van der Waals surface area contributed by atoms with E-state index in [1.807, 2.05) is 13.8 Å². The van der Waals surface area contributed by atoms with E-state index in [1.165, 1.54) is 11.1 Å². The molecule has 2 N–H and O–H groups in total. The van der Waals surface area contributed by atoms with Crippen LogP contribution in [0.1, 0.15) is 57.7 Å². The zero-order chi connectivity index (χ0) is 22.0. The van der Waals surface area contributed by atoms with Crippen molar-refractivity contribution in [2.24, 2.45) is 23.5 Å². The molecular weight excluding hydrogens is 380 g/mol. The predicted octanol–water partition coefficient (Wildman–Crippen LogP) is 3.56. The summed E-state index contributed by atoms with van der Waals surface area (Å²) in [6, 6.07) is 3.84. The van der Waals surface area contributed by atoms with Gasteiger partial charge in [0.2, 0.25) is 0 Å². The summed E-state index contributed by atoms with van der Waals surface area (Å²) in [6.07, 6.45) is 2.70. The monoisotopic (exact) mass is 418 g/mol. The highest BCUT2D eigenvalue weighted by molar-refractivity contribution is 5.76. The fraction of sp³-hybridized carbons (Fsp3) is 0.708. The van der Waals surface area contributed by atoms with Crippen molar-refractivity contribution >= 4 is 5.97 Å². The van der Waals surface area contributed by atoms with Crippen LogP contribution >= 0.6 is 0 Å². The Bertz CT molecular complexity index is 749. The van der Waals surface area contributed by atoms with Gasteiger partial charge in [0.1, 0.15) is 12.1 Å². The van der Waals surface area contributed by atoms with Crippen molar-refractivity contribution in [2.75, 3.05) is 27.3 Å². The quantitative estimate of drug-likeness (QED) is 0.683. The number of nitrogens with zero attached hydrogens (tertiary/aromatic N) is 1. The van der Waals surface area contributed by atoms with Crippen molar-refractivity contribution in [2.45, 2.75) is 65.1 Å². The first kappa shape index (κ1) is 22.9. The summed E-state index contributed by atoms with van der Waals surface area (Å²) in [4.78, 5) is 15.2. The SMILES string of the molecule is COc1cc2c(cc1OC)C1C[C@@H](OC(=O)[C@@H](N)C(C)C)[C@H](CC(C)C)CN1CC2. The Morgan fingerprint density at radius 1 is 1.17 bits per heavy atom. The van der Waals surface area contributed by atoms with Crippen LogP contribution in [0.15, 0.2) is 12.1 Å². The van der Waals surface area contributed by atoms with Gasteiger partial charge in [0.05, 0.1) is 14.2 Å². The van der Waals surface area contributed by atoms with Crippen molar-refractivity contribution in [1.29, 1.82) is 0 Å². The molecule has 4 atom stereocenters. The third-order valence-electron chi connectivity index (χ3n) is 6.60. The average molecular weight is 419 g/mol. The maximum Gasteiger partial charge on any atom is 0.323 e. The number of esters is 1. The van der Waals surface area contributed by atoms with Crippen LogP contribution in [0.3, 0.4) is 0 Å². The molecule has 0 radical (unpaired) electrons. The minimum Gasteiger partial charge on any atom is -0.493 e. The molecule has 6 heteroatoms. The number of hydrogen-bond donors (Lipinski definition) is 1. The number of piperidine rings is 1. The Kier molecular flexibility index (Phi) is 7.30. The summed E-state index contributed by atoms with van der Waals surface area (Å²) >= 11 is 0. The molecule has 168 valence electrons. The van der Waals surface area contributed by atoms with Gasteiger partial charge in [0.15, 0.2) is 11.5 Å². The fourth-order valence-electron chi connectivity index (χ4n) is 4.88. The zero-order valence-electron chi connectivity index (χ0n) is 19.3. The molecule has 1 fully saturated rings. The molecule has 2 aliphatic rings. The topological polar surface area (TPSA) is 74.0 Å². The molecule has 0 aliphatic carbocycles. The molecule has 0 spiro atoms. The number of carbonyl (C=O) groups is 1.